The molecule has 5 rings (SSSR count). The molecule has 3 N–H and O–H groups in total. The first-order valence-electron chi connectivity index (χ1n) is 13.9. The molecule has 1 saturated carbocycles. The van der Waals surface area contributed by atoms with Gasteiger partial charge in [0.2, 0.25) is 5.91 Å². The van der Waals surface area contributed by atoms with E-state index in [9.17, 15) is 24.6 Å². The largest absolute Gasteiger partial charge is 0.482 e. The molecule has 3 aromatic rings. The van der Waals surface area contributed by atoms with Gasteiger partial charge >= 0.3 is 5.63 Å². The molecule has 1 heterocycles. The minimum Gasteiger partial charge on any atom is -0.482 e. The first kappa shape index (κ1) is 29.3. The number of nitrogens with one attached hydrogen (secondary N) is 1. The van der Waals surface area contributed by atoms with Crippen LogP contribution in [0.15, 0.2) is 75.5 Å². The van der Waals surface area contributed by atoms with Crippen LogP contribution in [-0.4, -0.2) is 64.4 Å². The van der Waals surface area contributed by atoms with E-state index in [1.54, 1.807) is 47.4 Å². The van der Waals surface area contributed by atoms with Crippen molar-refractivity contribution in [3.8, 4) is 5.75 Å². The molecule has 0 unspecified atom stereocenters. The fourth-order valence-corrected chi connectivity index (χ4v) is 6.25. The Kier molecular flexibility index (Phi) is 9.41. The maximum absolute atomic E-state index is 14.3. The lowest BCUT2D eigenvalue weighted by molar-refractivity contribution is -0.118. The van der Waals surface area contributed by atoms with Crippen LogP contribution in [0.4, 0.5) is 0 Å². The minimum atomic E-state index is -1.18. The maximum Gasteiger partial charge on any atom is 0.349 e. The van der Waals surface area contributed by atoms with E-state index in [2.05, 4.69) is 27.9 Å². The van der Waals surface area contributed by atoms with E-state index in [0.29, 0.717) is 35.1 Å². The standard InChI is InChI=1S/C31H33IN2O7/c32-23-11-5-7-13-26(23)40-27-18-20(29(37)33-14-15-35)17-24(28(27)36)34(21-9-2-1-3-10-21)30(38)22-16-19-8-4-6-12-25(19)41-31(22)39/h4-8,11-13,16,18,21,24,27-28,35-36H,1-3,9-10,14-15,17H2,(H,33,37)/t24-,27+,28+/m1/s1. The Morgan fingerprint density at radius 2 is 1.80 bits per heavy atom. The van der Waals surface area contributed by atoms with Crippen molar-refractivity contribution in [3.63, 3.8) is 0 Å². The fraction of sp³-hybridized carbons (Fsp3) is 0.387. The number of hydrogen-bond donors (Lipinski definition) is 3. The van der Waals surface area contributed by atoms with E-state index >= 15 is 0 Å². The number of halogens is 1. The van der Waals surface area contributed by atoms with Crippen LogP contribution in [0.25, 0.3) is 11.0 Å². The number of para-hydroxylation sites is 2. The average molecular weight is 673 g/mol. The lowest BCUT2D eigenvalue weighted by Crippen LogP contribution is -2.58. The predicted molar refractivity (Wildman–Crippen MR) is 162 cm³/mol. The zero-order valence-corrected chi connectivity index (χ0v) is 24.7. The molecule has 2 aliphatic rings. The highest BCUT2D eigenvalue weighted by atomic mass is 127. The summed E-state index contributed by atoms with van der Waals surface area (Å²) in [6.07, 6.45) is 3.81. The molecule has 0 radical (unpaired) electrons. The molecule has 9 nitrogen and oxygen atoms in total. The number of aliphatic hydroxyl groups excluding tert-OH is 2. The summed E-state index contributed by atoms with van der Waals surface area (Å²) in [7, 11) is 0. The van der Waals surface area contributed by atoms with Crippen molar-refractivity contribution < 1.29 is 29.0 Å². The van der Waals surface area contributed by atoms with E-state index in [1.807, 2.05) is 18.2 Å². The van der Waals surface area contributed by atoms with Gasteiger partial charge in [0.25, 0.3) is 5.91 Å². The maximum atomic E-state index is 14.3. The number of aliphatic hydroxyl groups is 2. The summed E-state index contributed by atoms with van der Waals surface area (Å²) in [6.45, 7) is -0.160. The molecule has 0 spiro atoms. The van der Waals surface area contributed by atoms with Crippen molar-refractivity contribution in [1.82, 2.24) is 10.2 Å². The summed E-state index contributed by atoms with van der Waals surface area (Å²) in [4.78, 5) is 42.1. The Morgan fingerprint density at radius 3 is 2.56 bits per heavy atom. The summed E-state index contributed by atoms with van der Waals surface area (Å²) < 4.78 is 12.6. The van der Waals surface area contributed by atoms with Crippen molar-refractivity contribution in [2.45, 2.75) is 62.8 Å². The second-order valence-corrected chi connectivity index (χ2v) is 11.6. The quantitative estimate of drug-likeness (QED) is 0.246. The van der Waals surface area contributed by atoms with Crippen LogP contribution in [0, 0.1) is 3.57 Å². The Balaban J connectivity index is 1.56. The number of fused-ring (bicyclic) bond motifs is 1. The number of rotatable bonds is 8. The Labute approximate surface area is 251 Å². The number of carbonyl (C=O) groups is 2. The number of ether oxygens (including phenoxy) is 1. The lowest BCUT2D eigenvalue weighted by Gasteiger charge is -2.45. The van der Waals surface area contributed by atoms with E-state index in [1.165, 1.54) is 0 Å². The third kappa shape index (κ3) is 6.49. The van der Waals surface area contributed by atoms with Gasteiger partial charge < -0.3 is 29.6 Å². The third-order valence-electron chi connectivity index (χ3n) is 7.75. The van der Waals surface area contributed by atoms with Gasteiger partial charge in [-0.25, -0.2) is 4.79 Å². The number of hydrogen-bond acceptors (Lipinski definition) is 7. The smallest absolute Gasteiger partial charge is 0.349 e. The van der Waals surface area contributed by atoms with Crippen molar-refractivity contribution in [2.75, 3.05) is 13.2 Å². The molecule has 10 heteroatoms. The molecule has 0 bridgehead atoms. The topological polar surface area (TPSA) is 129 Å². The molecule has 3 atom stereocenters. The molecule has 2 aromatic carbocycles. The van der Waals surface area contributed by atoms with E-state index < -0.39 is 35.7 Å². The Morgan fingerprint density at radius 1 is 1.07 bits per heavy atom. The number of carbonyl (C=O) groups excluding carboxylic acids is 2. The molecule has 216 valence electrons. The van der Waals surface area contributed by atoms with Crippen molar-refractivity contribution in [3.05, 3.63) is 85.8 Å². The van der Waals surface area contributed by atoms with Crippen LogP contribution in [0.2, 0.25) is 0 Å². The van der Waals surface area contributed by atoms with E-state index in [4.69, 9.17) is 9.15 Å². The molecule has 2 aliphatic carbocycles. The highest BCUT2D eigenvalue weighted by Gasteiger charge is 2.44. The molecule has 2 amide bonds. The normalized spacial score (nSPS) is 21.2. The van der Waals surface area contributed by atoms with Gasteiger partial charge in [-0.2, -0.15) is 0 Å². The van der Waals surface area contributed by atoms with Crippen LogP contribution in [0.3, 0.4) is 0 Å². The molecular formula is C31H33IN2O7. The number of amides is 2. The monoisotopic (exact) mass is 672 g/mol. The minimum absolute atomic E-state index is 0.0608. The summed E-state index contributed by atoms with van der Waals surface area (Å²) >= 11 is 2.14. The third-order valence-corrected chi connectivity index (χ3v) is 8.64. The number of nitrogens with zero attached hydrogens (tertiary/aromatic N) is 1. The van der Waals surface area contributed by atoms with E-state index in [0.717, 1.165) is 22.8 Å². The molecular weight excluding hydrogens is 639 g/mol. The molecule has 41 heavy (non-hydrogen) atoms. The van der Waals surface area contributed by atoms with Gasteiger partial charge in [0.15, 0.2) is 0 Å². The highest BCUT2D eigenvalue weighted by Crippen LogP contribution is 2.34. The van der Waals surface area contributed by atoms with Crippen LogP contribution in [0.1, 0.15) is 48.9 Å². The van der Waals surface area contributed by atoms with Gasteiger partial charge in [0.05, 0.1) is 16.2 Å². The van der Waals surface area contributed by atoms with Gasteiger partial charge in [-0.15, -0.1) is 0 Å². The first-order chi connectivity index (χ1) is 19.9. The van der Waals surface area contributed by atoms with Crippen molar-refractivity contribution >= 4 is 45.4 Å². The second-order valence-electron chi connectivity index (χ2n) is 10.4. The van der Waals surface area contributed by atoms with Gasteiger partial charge in [0.1, 0.15) is 29.1 Å². The van der Waals surface area contributed by atoms with Gasteiger partial charge in [-0.1, -0.05) is 49.6 Å². The summed E-state index contributed by atoms with van der Waals surface area (Å²) in [6, 6.07) is 14.8. The summed E-state index contributed by atoms with van der Waals surface area (Å²) in [5.41, 5.74) is -0.142. The molecule has 1 fully saturated rings. The fourth-order valence-electron chi connectivity index (χ4n) is 5.73. The predicted octanol–water partition coefficient (Wildman–Crippen LogP) is 3.79. The average Bonchev–Trinajstić information content (AvgIpc) is 2.99. The van der Waals surface area contributed by atoms with Gasteiger partial charge in [0, 0.05) is 30.0 Å². The van der Waals surface area contributed by atoms with Gasteiger partial charge in [-0.3, -0.25) is 9.59 Å². The lowest BCUT2D eigenvalue weighted by atomic mass is 9.84. The Hall–Kier alpha value is -3.22. The first-order valence-corrected chi connectivity index (χ1v) is 15.0. The zero-order chi connectivity index (χ0) is 28.9. The SMILES string of the molecule is O=C(NCCO)C1=C[C@H](Oc2ccccc2I)[C@@H](O)[C@H](N(C(=O)c2cc3ccccc3oc2=O)C2CCCCC2)C1. The van der Waals surface area contributed by atoms with Crippen molar-refractivity contribution in [1.29, 1.82) is 0 Å². The van der Waals surface area contributed by atoms with Crippen LogP contribution in [-0.2, 0) is 4.79 Å². The van der Waals surface area contributed by atoms with Crippen LogP contribution < -0.4 is 15.7 Å². The summed E-state index contributed by atoms with van der Waals surface area (Å²) in [5, 5.41) is 24.3. The van der Waals surface area contributed by atoms with E-state index in [-0.39, 0.29) is 31.2 Å². The number of benzene rings is 2. The van der Waals surface area contributed by atoms with Crippen LogP contribution in [0.5, 0.6) is 5.75 Å². The van der Waals surface area contributed by atoms with Crippen molar-refractivity contribution in [2.24, 2.45) is 0 Å². The Bertz CT molecular complexity index is 1500. The van der Waals surface area contributed by atoms with Crippen LogP contribution >= 0.6 is 22.6 Å². The summed E-state index contributed by atoms with van der Waals surface area (Å²) in [5.74, 6) is -0.408. The molecule has 1 aromatic heterocycles. The zero-order valence-electron chi connectivity index (χ0n) is 22.5. The molecule has 0 saturated heterocycles. The highest BCUT2D eigenvalue weighted by molar-refractivity contribution is 14.1. The molecule has 0 aliphatic heterocycles. The second kappa shape index (κ2) is 13.2. The van der Waals surface area contributed by atoms with Gasteiger partial charge in [-0.05, 0) is 65.8 Å².